The summed E-state index contributed by atoms with van der Waals surface area (Å²) < 4.78 is 5.32. The number of ether oxygens (including phenoxy) is 1. The summed E-state index contributed by atoms with van der Waals surface area (Å²) >= 11 is 0. The molecule has 82 valence electrons. The molecule has 0 saturated heterocycles. The number of hydrogen-bond acceptors (Lipinski definition) is 2. The first-order valence-corrected chi connectivity index (χ1v) is 5.42. The second-order valence-electron chi connectivity index (χ2n) is 3.54. The number of methoxy groups -OCH3 is 1. The van der Waals surface area contributed by atoms with E-state index < -0.39 is 0 Å². The van der Waals surface area contributed by atoms with Crippen LogP contribution in [0.1, 0.15) is 41.8 Å². The van der Waals surface area contributed by atoms with Crippen LogP contribution in [0, 0.1) is 0 Å². The van der Waals surface area contributed by atoms with Gasteiger partial charge in [-0.25, -0.2) is 0 Å². The molecule has 0 radical (unpaired) electrons. The van der Waals surface area contributed by atoms with Crippen LogP contribution in [-0.2, 0) is 12.8 Å². The van der Waals surface area contributed by atoms with Gasteiger partial charge in [-0.15, -0.1) is 0 Å². The van der Waals surface area contributed by atoms with Gasteiger partial charge in [0.1, 0.15) is 12.0 Å². The molecular formula is C13H18O2. The summed E-state index contributed by atoms with van der Waals surface area (Å²) in [7, 11) is 1.68. The van der Waals surface area contributed by atoms with Crippen LogP contribution in [-0.4, -0.2) is 13.4 Å². The molecule has 2 nitrogen and oxygen atoms in total. The average molecular weight is 206 g/mol. The maximum atomic E-state index is 10.9. The Balaban J connectivity index is 3.30. The first-order valence-electron chi connectivity index (χ1n) is 5.42. The second-order valence-corrected chi connectivity index (χ2v) is 3.54. The summed E-state index contributed by atoms with van der Waals surface area (Å²) in [6.45, 7) is 4.20. The van der Waals surface area contributed by atoms with E-state index in [2.05, 4.69) is 13.8 Å². The van der Waals surface area contributed by atoms with Gasteiger partial charge in [0, 0.05) is 5.56 Å². The zero-order valence-corrected chi connectivity index (χ0v) is 9.67. The van der Waals surface area contributed by atoms with Gasteiger partial charge in [0.15, 0.2) is 0 Å². The summed E-state index contributed by atoms with van der Waals surface area (Å²) in [5.74, 6) is 0.902. The van der Waals surface area contributed by atoms with Gasteiger partial charge < -0.3 is 4.74 Å². The molecule has 0 N–H and O–H groups in total. The lowest BCUT2D eigenvalue weighted by Crippen LogP contribution is -2.01. The normalized spacial score (nSPS) is 10.1. The van der Waals surface area contributed by atoms with Gasteiger partial charge in [-0.3, -0.25) is 4.79 Å². The molecule has 0 atom stereocenters. The van der Waals surface area contributed by atoms with Gasteiger partial charge in [0.25, 0.3) is 0 Å². The van der Waals surface area contributed by atoms with Crippen LogP contribution in [0.5, 0.6) is 5.75 Å². The zero-order chi connectivity index (χ0) is 11.3. The maximum Gasteiger partial charge on any atom is 0.150 e. The lowest BCUT2D eigenvalue weighted by Gasteiger charge is -2.14. The molecule has 1 aromatic rings. The lowest BCUT2D eigenvalue weighted by atomic mass is 9.95. The minimum absolute atomic E-state index is 0.793. The van der Waals surface area contributed by atoms with E-state index >= 15 is 0 Å². The van der Waals surface area contributed by atoms with Crippen molar-refractivity contribution in [2.45, 2.75) is 33.1 Å². The molecule has 0 aliphatic rings. The van der Waals surface area contributed by atoms with Crippen molar-refractivity contribution in [2.24, 2.45) is 0 Å². The highest BCUT2D eigenvalue weighted by atomic mass is 16.5. The Labute approximate surface area is 91.3 Å². The van der Waals surface area contributed by atoms with E-state index in [-0.39, 0.29) is 0 Å². The Morgan fingerprint density at radius 3 is 2.47 bits per heavy atom. The molecule has 0 unspecified atom stereocenters. The smallest absolute Gasteiger partial charge is 0.150 e. The van der Waals surface area contributed by atoms with Crippen molar-refractivity contribution in [3.63, 3.8) is 0 Å². The largest absolute Gasteiger partial charge is 0.496 e. The topological polar surface area (TPSA) is 26.3 Å². The second kappa shape index (κ2) is 5.54. The van der Waals surface area contributed by atoms with Gasteiger partial charge >= 0.3 is 0 Å². The van der Waals surface area contributed by atoms with Crippen LogP contribution in [0.4, 0.5) is 0 Å². The maximum absolute atomic E-state index is 10.9. The molecule has 0 aliphatic heterocycles. The molecule has 0 amide bonds. The van der Waals surface area contributed by atoms with Gasteiger partial charge in [-0.05, 0) is 36.1 Å². The molecule has 0 aromatic heterocycles. The van der Waals surface area contributed by atoms with Crippen molar-refractivity contribution >= 4 is 6.29 Å². The van der Waals surface area contributed by atoms with Crippen LogP contribution in [0.25, 0.3) is 0 Å². The molecule has 1 aromatic carbocycles. The molecule has 0 heterocycles. The minimum Gasteiger partial charge on any atom is -0.496 e. The Bertz CT molecular complexity index is 343. The van der Waals surface area contributed by atoms with Gasteiger partial charge in [-0.2, -0.15) is 0 Å². The third-order valence-electron chi connectivity index (χ3n) is 2.62. The van der Waals surface area contributed by atoms with Gasteiger partial charge in [0.05, 0.1) is 7.11 Å². The van der Waals surface area contributed by atoms with Crippen LogP contribution >= 0.6 is 0 Å². The Morgan fingerprint density at radius 1 is 1.27 bits per heavy atom. The fourth-order valence-corrected chi connectivity index (χ4v) is 1.93. The zero-order valence-electron chi connectivity index (χ0n) is 9.67. The summed E-state index contributed by atoms with van der Waals surface area (Å²) in [6, 6.07) is 3.72. The van der Waals surface area contributed by atoms with E-state index in [4.69, 9.17) is 4.74 Å². The Hall–Kier alpha value is -1.31. The number of benzene rings is 1. The predicted octanol–water partition coefficient (Wildman–Crippen LogP) is 3.02. The van der Waals surface area contributed by atoms with Crippen molar-refractivity contribution in [1.29, 1.82) is 0 Å². The Kier molecular flexibility index (Phi) is 4.35. The number of carbonyl (C=O) groups is 1. The van der Waals surface area contributed by atoms with Crippen LogP contribution < -0.4 is 4.74 Å². The van der Waals surface area contributed by atoms with E-state index in [1.54, 1.807) is 7.11 Å². The van der Waals surface area contributed by atoms with Crippen molar-refractivity contribution < 1.29 is 9.53 Å². The third kappa shape index (κ3) is 2.38. The van der Waals surface area contributed by atoms with Crippen molar-refractivity contribution in [1.82, 2.24) is 0 Å². The van der Waals surface area contributed by atoms with Crippen LogP contribution in [0.15, 0.2) is 12.1 Å². The predicted molar refractivity (Wildman–Crippen MR) is 61.8 cm³/mol. The summed E-state index contributed by atoms with van der Waals surface area (Å²) in [6.07, 6.45) is 3.83. The summed E-state index contributed by atoms with van der Waals surface area (Å²) in [5, 5.41) is 0. The van der Waals surface area contributed by atoms with Crippen LogP contribution in [0.3, 0.4) is 0 Å². The van der Waals surface area contributed by atoms with Crippen molar-refractivity contribution in [3.05, 3.63) is 28.8 Å². The van der Waals surface area contributed by atoms with Crippen molar-refractivity contribution in [2.75, 3.05) is 7.11 Å². The third-order valence-corrected chi connectivity index (χ3v) is 2.62. The van der Waals surface area contributed by atoms with E-state index in [0.717, 1.165) is 42.4 Å². The fourth-order valence-electron chi connectivity index (χ4n) is 1.93. The number of rotatable bonds is 5. The molecule has 15 heavy (non-hydrogen) atoms. The first-order chi connectivity index (χ1) is 7.28. The minimum atomic E-state index is 0.793. The van der Waals surface area contributed by atoms with E-state index in [9.17, 15) is 4.79 Å². The summed E-state index contributed by atoms with van der Waals surface area (Å²) in [5.41, 5.74) is 3.11. The number of hydrogen-bond donors (Lipinski definition) is 0. The highest BCUT2D eigenvalue weighted by molar-refractivity contribution is 5.78. The average Bonchev–Trinajstić information content (AvgIpc) is 2.28. The molecule has 2 heteroatoms. The molecule has 0 aliphatic carbocycles. The van der Waals surface area contributed by atoms with E-state index in [1.165, 1.54) is 5.56 Å². The quantitative estimate of drug-likeness (QED) is 0.692. The summed E-state index contributed by atoms with van der Waals surface area (Å²) in [4.78, 5) is 10.9. The van der Waals surface area contributed by atoms with Gasteiger partial charge in [0.2, 0.25) is 0 Å². The highest BCUT2D eigenvalue weighted by Crippen LogP contribution is 2.26. The monoisotopic (exact) mass is 206 g/mol. The fraction of sp³-hybridized carbons (Fsp3) is 0.462. The van der Waals surface area contributed by atoms with E-state index in [0.29, 0.717) is 0 Å². The number of aldehydes is 1. The SMILES string of the molecule is CCCc1c(OC)ccc(C=O)c1CC. The molecular weight excluding hydrogens is 188 g/mol. The molecule has 0 fully saturated rings. The first kappa shape index (κ1) is 11.8. The lowest BCUT2D eigenvalue weighted by molar-refractivity contribution is 0.112. The standard InChI is InChI=1S/C13H18O2/c1-4-6-12-11(5-2)10(9-14)7-8-13(12)15-3/h7-9H,4-6H2,1-3H3. The van der Waals surface area contributed by atoms with Crippen molar-refractivity contribution in [3.8, 4) is 5.75 Å². The highest BCUT2D eigenvalue weighted by Gasteiger charge is 2.11. The number of carbonyl (C=O) groups excluding carboxylic acids is 1. The molecule has 0 bridgehead atoms. The molecule has 0 saturated carbocycles. The molecule has 0 spiro atoms. The van der Waals surface area contributed by atoms with E-state index in [1.807, 2.05) is 12.1 Å². The van der Waals surface area contributed by atoms with Crippen LogP contribution in [0.2, 0.25) is 0 Å². The molecule has 1 rings (SSSR count). The van der Waals surface area contributed by atoms with Gasteiger partial charge in [-0.1, -0.05) is 20.3 Å². The Morgan fingerprint density at radius 2 is 2.00 bits per heavy atom.